The number of benzene rings is 1. The molecule has 0 fully saturated rings. The zero-order chi connectivity index (χ0) is 12.5. The highest BCUT2D eigenvalue weighted by molar-refractivity contribution is 7.22. The van der Waals surface area contributed by atoms with Gasteiger partial charge in [-0.1, -0.05) is 11.3 Å². The quantitative estimate of drug-likeness (QED) is 0.721. The number of nitrogens with zero attached hydrogens (tertiary/aromatic N) is 2. The van der Waals surface area contributed by atoms with Gasteiger partial charge in [-0.05, 0) is 25.1 Å². The lowest BCUT2D eigenvalue weighted by atomic mass is 10.3. The number of nitrogen functional groups attached to an aromatic ring is 1. The van der Waals surface area contributed by atoms with Gasteiger partial charge in [0.1, 0.15) is 0 Å². The van der Waals surface area contributed by atoms with Crippen molar-refractivity contribution in [1.29, 1.82) is 0 Å². The van der Waals surface area contributed by atoms with Crippen molar-refractivity contribution >= 4 is 43.7 Å². The number of anilines is 2. The van der Waals surface area contributed by atoms with E-state index in [4.69, 9.17) is 5.73 Å². The molecule has 0 saturated heterocycles. The van der Waals surface area contributed by atoms with Crippen LogP contribution in [0.5, 0.6) is 0 Å². The molecule has 6 heteroatoms. The average molecular weight is 276 g/mol. The minimum absolute atomic E-state index is 0.770. The summed E-state index contributed by atoms with van der Waals surface area (Å²) < 4.78 is 1.11. The molecule has 18 heavy (non-hydrogen) atoms. The Morgan fingerprint density at radius 1 is 1.39 bits per heavy atom. The molecule has 0 unspecified atom stereocenters. The number of thiazole rings is 2. The Labute approximate surface area is 113 Å². The van der Waals surface area contributed by atoms with Crippen LogP contribution in [0.2, 0.25) is 0 Å². The van der Waals surface area contributed by atoms with Crippen molar-refractivity contribution in [1.82, 2.24) is 9.97 Å². The molecule has 0 saturated carbocycles. The van der Waals surface area contributed by atoms with Gasteiger partial charge >= 0.3 is 0 Å². The molecule has 2 aromatic heterocycles. The summed E-state index contributed by atoms with van der Waals surface area (Å²) in [5.74, 6) is 0. The van der Waals surface area contributed by atoms with Gasteiger partial charge in [-0.25, -0.2) is 9.97 Å². The number of hydrogen-bond donors (Lipinski definition) is 2. The molecule has 0 radical (unpaired) electrons. The first-order valence-electron chi connectivity index (χ1n) is 5.51. The summed E-state index contributed by atoms with van der Waals surface area (Å²) in [7, 11) is 0. The summed E-state index contributed by atoms with van der Waals surface area (Å²) in [6.45, 7) is 2.79. The summed E-state index contributed by atoms with van der Waals surface area (Å²) in [6, 6.07) is 5.78. The van der Waals surface area contributed by atoms with Gasteiger partial charge in [-0.3, -0.25) is 0 Å². The fraction of sp³-hybridized carbons (Fsp3) is 0.167. The lowest BCUT2D eigenvalue weighted by Gasteiger charge is -1.99. The third-order valence-electron chi connectivity index (χ3n) is 2.66. The number of aromatic nitrogens is 2. The molecule has 2 heterocycles. The molecule has 0 spiro atoms. The first-order valence-corrected chi connectivity index (χ1v) is 7.21. The van der Waals surface area contributed by atoms with Gasteiger partial charge in [0.2, 0.25) is 0 Å². The van der Waals surface area contributed by atoms with E-state index in [0.29, 0.717) is 0 Å². The van der Waals surface area contributed by atoms with Crippen molar-refractivity contribution in [2.45, 2.75) is 13.5 Å². The predicted molar refractivity (Wildman–Crippen MR) is 78.2 cm³/mol. The maximum atomic E-state index is 5.76. The fourth-order valence-electron chi connectivity index (χ4n) is 1.67. The van der Waals surface area contributed by atoms with Crippen molar-refractivity contribution < 1.29 is 0 Å². The highest BCUT2D eigenvalue weighted by Crippen LogP contribution is 2.28. The monoisotopic (exact) mass is 276 g/mol. The summed E-state index contributed by atoms with van der Waals surface area (Å²) in [5, 5.41) is 4.25. The number of fused-ring (bicyclic) bond motifs is 1. The molecule has 0 aliphatic rings. The molecule has 3 rings (SSSR count). The van der Waals surface area contributed by atoms with Gasteiger partial charge in [-0.2, -0.15) is 0 Å². The fourth-order valence-corrected chi connectivity index (χ4v) is 3.30. The van der Waals surface area contributed by atoms with E-state index in [9.17, 15) is 0 Å². The van der Waals surface area contributed by atoms with E-state index in [-0.39, 0.29) is 0 Å². The van der Waals surface area contributed by atoms with Crippen molar-refractivity contribution in [2.24, 2.45) is 0 Å². The Kier molecular flexibility index (Phi) is 2.89. The van der Waals surface area contributed by atoms with Crippen molar-refractivity contribution in [3.8, 4) is 0 Å². The number of nitrogens with two attached hydrogens (primary N) is 1. The number of aryl methyl sites for hydroxylation is 1. The molecule has 0 bridgehead atoms. The largest absolute Gasteiger partial charge is 0.399 e. The van der Waals surface area contributed by atoms with Crippen molar-refractivity contribution in [3.63, 3.8) is 0 Å². The Morgan fingerprint density at radius 3 is 3.06 bits per heavy atom. The van der Waals surface area contributed by atoms with Crippen molar-refractivity contribution in [2.75, 3.05) is 11.1 Å². The molecule has 0 atom stereocenters. The second-order valence-corrected chi connectivity index (χ2v) is 5.93. The smallest absolute Gasteiger partial charge is 0.184 e. The lowest BCUT2D eigenvalue weighted by molar-refractivity contribution is 1.12. The molecule has 4 nitrogen and oxygen atoms in total. The molecule has 3 aromatic rings. The Morgan fingerprint density at radius 2 is 2.28 bits per heavy atom. The van der Waals surface area contributed by atoms with Gasteiger partial charge in [0.25, 0.3) is 0 Å². The van der Waals surface area contributed by atoms with Gasteiger partial charge in [0.05, 0.1) is 28.0 Å². The summed E-state index contributed by atoms with van der Waals surface area (Å²) in [6.07, 6.45) is 0. The van der Waals surface area contributed by atoms with Crippen LogP contribution < -0.4 is 11.1 Å². The first-order chi connectivity index (χ1) is 8.72. The van der Waals surface area contributed by atoms with Gasteiger partial charge < -0.3 is 11.1 Å². The van der Waals surface area contributed by atoms with Crippen LogP contribution in [0.25, 0.3) is 10.2 Å². The second kappa shape index (κ2) is 4.55. The van der Waals surface area contributed by atoms with E-state index in [0.717, 1.165) is 33.3 Å². The predicted octanol–water partition coefficient (Wildman–Crippen LogP) is 3.26. The standard InChI is InChI=1S/C12H12N4S2/c1-7-11(17-6-15-7)5-14-12-16-9-3-2-8(13)4-10(9)18-12/h2-4,6H,5,13H2,1H3,(H,14,16). The lowest BCUT2D eigenvalue weighted by Crippen LogP contribution is -1.98. The van der Waals surface area contributed by atoms with Crippen LogP contribution in [0.15, 0.2) is 23.7 Å². The Bertz CT molecular complexity index is 686. The molecular formula is C12H12N4S2. The molecule has 3 N–H and O–H groups in total. The summed E-state index contributed by atoms with van der Waals surface area (Å²) >= 11 is 3.28. The first kappa shape index (κ1) is 11.4. The average Bonchev–Trinajstić information content (AvgIpc) is 2.92. The zero-order valence-corrected chi connectivity index (χ0v) is 11.4. The molecule has 0 amide bonds. The Balaban J connectivity index is 1.81. The van der Waals surface area contributed by atoms with E-state index < -0.39 is 0 Å². The maximum Gasteiger partial charge on any atom is 0.184 e. The van der Waals surface area contributed by atoms with E-state index >= 15 is 0 Å². The second-order valence-electron chi connectivity index (χ2n) is 3.96. The molecule has 92 valence electrons. The third kappa shape index (κ3) is 2.16. The third-order valence-corrected chi connectivity index (χ3v) is 4.57. The maximum absolute atomic E-state index is 5.76. The minimum atomic E-state index is 0.770. The van der Waals surface area contributed by atoms with Crippen LogP contribution in [-0.2, 0) is 6.54 Å². The van der Waals surface area contributed by atoms with Crippen LogP contribution in [0.3, 0.4) is 0 Å². The molecule has 0 aliphatic carbocycles. The molecular weight excluding hydrogens is 264 g/mol. The van der Waals surface area contributed by atoms with Crippen LogP contribution in [0, 0.1) is 6.92 Å². The minimum Gasteiger partial charge on any atom is -0.399 e. The number of rotatable bonds is 3. The molecule has 0 aliphatic heterocycles. The van der Waals surface area contributed by atoms with E-state index in [1.807, 2.05) is 30.6 Å². The van der Waals surface area contributed by atoms with Crippen LogP contribution >= 0.6 is 22.7 Å². The number of nitrogens with one attached hydrogen (secondary N) is 1. The van der Waals surface area contributed by atoms with Crippen LogP contribution in [0.4, 0.5) is 10.8 Å². The topological polar surface area (TPSA) is 63.8 Å². The highest BCUT2D eigenvalue weighted by atomic mass is 32.1. The zero-order valence-electron chi connectivity index (χ0n) is 9.80. The van der Waals surface area contributed by atoms with E-state index in [1.54, 1.807) is 22.7 Å². The van der Waals surface area contributed by atoms with Crippen molar-refractivity contribution in [3.05, 3.63) is 34.3 Å². The SMILES string of the molecule is Cc1ncsc1CNc1nc2ccc(N)cc2s1. The van der Waals surface area contributed by atoms with Crippen LogP contribution in [0.1, 0.15) is 10.6 Å². The summed E-state index contributed by atoms with van der Waals surface area (Å²) in [4.78, 5) is 9.99. The van der Waals surface area contributed by atoms with Gasteiger partial charge in [-0.15, -0.1) is 11.3 Å². The molecule has 1 aromatic carbocycles. The normalized spacial score (nSPS) is 10.9. The summed E-state index contributed by atoms with van der Waals surface area (Å²) in [5.41, 5.74) is 10.5. The number of hydrogen-bond acceptors (Lipinski definition) is 6. The van der Waals surface area contributed by atoms with Gasteiger partial charge in [0.15, 0.2) is 5.13 Å². The van der Waals surface area contributed by atoms with E-state index in [1.165, 1.54) is 4.88 Å². The van der Waals surface area contributed by atoms with Crippen LogP contribution in [-0.4, -0.2) is 9.97 Å². The van der Waals surface area contributed by atoms with Gasteiger partial charge in [0, 0.05) is 10.6 Å². The highest BCUT2D eigenvalue weighted by Gasteiger charge is 2.05. The Hall–Kier alpha value is -1.66. The van der Waals surface area contributed by atoms with E-state index in [2.05, 4.69) is 15.3 Å².